The SMILES string of the molecule is CCOC(=O)C(O)C(O)c1ncc(C(F)(F)F)cc1Cl. The van der Waals surface area contributed by atoms with E-state index in [1.165, 1.54) is 6.92 Å². The smallest absolute Gasteiger partial charge is 0.417 e. The summed E-state index contributed by atoms with van der Waals surface area (Å²) in [6.07, 6.45) is -8.07. The molecule has 1 aromatic heterocycles. The van der Waals surface area contributed by atoms with Crippen LogP contribution in [0.2, 0.25) is 5.02 Å². The van der Waals surface area contributed by atoms with Crippen molar-refractivity contribution < 1.29 is 32.9 Å². The fraction of sp³-hybridized carbons (Fsp3) is 0.455. The predicted molar refractivity (Wildman–Crippen MR) is 61.8 cm³/mol. The number of rotatable bonds is 4. The lowest BCUT2D eigenvalue weighted by Gasteiger charge is -2.17. The molecule has 5 nitrogen and oxygen atoms in total. The molecule has 2 atom stereocenters. The van der Waals surface area contributed by atoms with Gasteiger partial charge in [0, 0.05) is 6.20 Å². The third-order valence-corrected chi connectivity index (χ3v) is 2.61. The van der Waals surface area contributed by atoms with Crippen LogP contribution in [0.25, 0.3) is 0 Å². The van der Waals surface area contributed by atoms with Crippen LogP contribution in [0.5, 0.6) is 0 Å². The van der Waals surface area contributed by atoms with Gasteiger partial charge in [-0.05, 0) is 13.0 Å². The number of nitrogens with zero attached hydrogens (tertiary/aromatic N) is 1. The van der Waals surface area contributed by atoms with E-state index in [2.05, 4.69) is 9.72 Å². The highest BCUT2D eigenvalue weighted by Gasteiger charge is 2.34. The van der Waals surface area contributed by atoms with E-state index in [0.717, 1.165) is 0 Å². The summed E-state index contributed by atoms with van der Waals surface area (Å²) in [5.41, 5.74) is -1.55. The Balaban J connectivity index is 3.00. The fourth-order valence-electron chi connectivity index (χ4n) is 1.33. The Morgan fingerprint density at radius 2 is 2.10 bits per heavy atom. The molecule has 0 fully saturated rings. The van der Waals surface area contributed by atoms with Gasteiger partial charge >= 0.3 is 12.1 Å². The first-order valence-corrected chi connectivity index (χ1v) is 5.81. The number of alkyl halides is 3. The molecule has 0 spiro atoms. The molecule has 2 unspecified atom stereocenters. The quantitative estimate of drug-likeness (QED) is 0.827. The summed E-state index contributed by atoms with van der Waals surface area (Å²) < 4.78 is 41.7. The molecule has 0 bridgehead atoms. The zero-order valence-electron chi connectivity index (χ0n) is 10.2. The number of pyridine rings is 1. The van der Waals surface area contributed by atoms with Gasteiger partial charge in [-0.2, -0.15) is 13.2 Å². The summed E-state index contributed by atoms with van der Waals surface area (Å²) in [5, 5.41) is 18.6. The van der Waals surface area contributed by atoms with Crippen LogP contribution >= 0.6 is 11.6 Å². The highest BCUT2D eigenvalue weighted by atomic mass is 35.5. The average Bonchev–Trinajstić information content (AvgIpc) is 2.36. The monoisotopic (exact) mass is 313 g/mol. The molecule has 0 saturated heterocycles. The van der Waals surface area contributed by atoms with Gasteiger partial charge in [-0.15, -0.1) is 0 Å². The van der Waals surface area contributed by atoms with Crippen LogP contribution in [0.1, 0.15) is 24.3 Å². The molecular weight excluding hydrogens is 303 g/mol. The Morgan fingerprint density at radius 1 is 1.50 bits per heavy atom. The van der Waals surface area contributed by atoms with E-state index in [0.29, 0.717) is 12.3 Å². The van der Waals surface area contributed by atoms with Crippen LogP contribution in [0.15, 0.2) is 12.3 Å². The standard InChI is InChI=1S/C11H11ClF3NO4/c1-2-20-10(19)9(18)8(17)7-6(12)3-5(4-16-7)11(13,14)15/h3-4,8-9,17-18H,2H2,1H3. The van der Waals surface area contributed by atoms with Gasteiger partial charge < -0.3 is 14.9 Å². The van der Waals surface area contributed by atoms with Crippen molar-refractivity contribution in [1.82, 2.24) is 4.98 Å². The Hall–Kier alpha value is -1.38. The molecule has 0 aliphatic carbocycles. The van der Waals surface area contributed by atoms with Gasteiger partial charge in [-0.3, -0.25) is 4.98 Å². The normalized spacial score (nSPS) is 14.8. The summed E-state index contributed by atoms with van der Waals surface area (Å²) in [4.78, 5) is 14.6. The number of halogens is 4. The third kappa shape index (κ3) is 3.81. The molecule has 112 valence electrons. The van der Waals surface area contributed by atoms with Crippen molar-refractivity contribution in [2.24, 2.45) is 0 Å². The lowest BCUT2D eigenvalue weighted by molar-refractivity contribution is -0.159. The molecule has 1 aromatic rings. The van der Waals surface area contributed by atoms with E-state index in [1.807, 2.05) is 0 Å². The maximum Gasteiger partial charge on any atom is 0.417 e. The van der Waals surface area contributed by atoms with E-state index in [-0.39, 0.29) is 6.61 Å². The lowest BCUT2D eigenvalue weighted by atomic mass is 10.1. The number of hydrogen-bond acceptors (Lipinski definition) is 5. The minimum absolute atomic E-state index is 0.0310. The van der Waals surface area contributed by atoms with Crippen molar-refractivity contribution in [3.05, 3.63) is 28.5 Å². The van der Waals surface area contributed by atoms with E-state index in [4.69, 9.17) is 11.6 Å². The summed E-state index contributed by atoms with van der Waals surface area (Å²) in [6, 6.07) is 0.547. The summed E-state index contributed by atoms with van der Waals surface area (Å²) in [6.45, 7) is 1.46. The van der Waals surface area contributed by atoms with Crippen molar-refractivity contribution in [3.63, 3.8) is 0 Å². The molecule has 9 heteroatoms. The van der Waals surface area contributed by atoms with Gasteiger partial charge in [0.15, 0.2) is 6.10 Å². The van der Waals surface area contributed by atoms with Crippen LogP contribution in [0.4, 0.5) is 13.2 Å². The third-order valence-electron chi connectivity index (χ3n) is 2.30. The second-order valence-corrected chi connectivity index (χ2v) is 4.14. The van der Waals surface area contributed by atoms with E-state index in [9.17, 15) is 28.2 Å². The van der Waals surface area contributed by atoms with E-state index < -0.39 is 40.6 Å². The maximum absolute atomic E-state index is 12.4. The maximum atomic E-state index is 12.4. The number of aliphatic hydroxyl groups is 2. The molecule has 1 heterocycles. The van der Waals surface area contributed by atoms with Gasteiger partial charge in [0.1, 0.15) is 6.10 Å². The Kier molecular flexibility index (Phi) is 5.32. The van der Waals surface area contributed by atoms with Crippen molar-refractivity contribution in [2.45, 2.75) is 25.3 Å². The van der Waals surface area contributed by atoms with Gasteiger partial charge in [0.25, 0.3) is 0 Å². The summed E-state index contributed by atoms with van der Waals surface area (Å²) in [7, 11) is 0. The highest BCUT2D eigenvalue weighted by molar-refractivity contribution is 6.31. The van der Waals surface area contributed by atoms with Gasteiger partial charge in [-0.1, -0.05) is 11.6 Å². The first-order chi connectivity index (χ1) is 9.18. The summed E-state index contributed by atoms with van der Waals surface area (Å²) in [5.74, 6) is -1.13. The average molecular weight is 314 g/mol. The molecule has 1 rings (SSSR count). The van der Waals surface area contributed by atoms with Crippen molar-refractivity contribution in [1.29, 1.82) is 0 Å². The molecule has 0 aliphatic rings. The fourth-order valence-corrected chi connectivity index (χ4v) is 1.61. The molecule has 0 aromatic carbocycles. The largest absolute Gasteiger partial charge is 0.464 e. The minimum Gasteiger partial charge on any atom is -0.464 e. The minimum atomic E-state index is -4.64. The molecule has 2 N–H and O–H groups in total. The molecule has 0 aliphatic heterocycles. The molecule has 0 amide bonds. The lowest BCUT2D eigenvalue weighted by Crippen LogP contribution is -2.30. The second kappa shape index (κ2) is 6.38. The van der Waals surface area contributed by atoms with Gasteiger partial charge in [-0.25, -0.2) is 4.79 Å². The predicted octanol–water partition coefficient (Wildman–Crippen LogP) is 1.71. The van der Waals surface area contributed by atoms with E-state index in [1.54, 1.807) is 0 Å². The number of carbonyl (C=O) groups excluding carboxylic acids is 1. The number of ether oxygens (including phenoxy) is 1. The Morgan fingerprint density at radius 3 is 2.55 bits per heavy atom. The number of esters is 1. The molecule has 0 radical (unpaired) electrons. The second-order valence-electron chi connectivity index (χ2n) is 3.73. The first kappa shape index (κ1) is 16.7. The number of hydrogen-bond donors (Lipinski definition) is 2. The Labute approximate surface area is 117 Å². The molecule has 20 heavy (non-hydrogen) atoms. The number of carbonyl (C=O) groups is 1. The molecule has 0 saturated carbocycles. The van der Waals surface area contributed by atoms with Crippen LogP contribution in [0.3, 0.4) is 0 Å². The van der Waals surface area contributed by atoms with Gasteiger partial charge in [0.05, 0.1) is 22.9 Å². The van der Waals surface area contributed by atoms with Crippen LogP contribution in [-0.4, -0.2) is 33.9 Å². The highest BCUT2D eigenvalue weighted by Crippen LogP contribution is 2.33. The Bertz CT molecular complexity index is 495. The number of aromatic nitrogens is 1. The van der Waals surface area contributed by atoms with Crippen LogP contribution < -0.4 is 0 Å². The van der Waals surface area contributed by atoms with Gasteiger partial charge in [0.2, 0.25) is 0 Å². The zero-order valence-corrected chi connectivity index (χ0v) is 10.9. The van der Waals surface area contributed by atoms with Crippen molar-refractivity contribution in [2.75, 3.05) is 6.61 Å². The molecular formula is C11H11ClF3NO4. The van der Waals surface area contributed by atoms with Crippen molar-refractivity contribution >= 4 is 17.6 Å². The van der Waals surface area contributed by atoms with Crippen molar-refractivity contribution in [3.8, 4) is 0 Å². The van der Waals surface area contributed by atoms with E-state index >= 15 is 0 Å². The number of aliphatic hydroxyl groups excluding tert-OH is 2. The zero-order chi connectivity index (χ0) is 15.5. The van der Waals surface area contributed by atoms with Crippen LogP contribution in [-0.2, 0) is 15.7 Å². The topological polar surface area (TPSA) is 79.7 Å². The summed E-state index contributed by atoms with van der Waals surface area (Å²) >= 11 is 5.57. The first-order valence-electron chi connectivity index (χ1n) is 5.43. The van der Waals surface area contributed by atoms with Crippen LogP contribution in [0, 0.1) is 0 Å².